The minimum absolute atomic E-state index is 0.785. The van der Waals surface area contributed by atoms with Gasteiger partial charge in [-0.3, -0.25) is 9.89 Å². The van der Waals surface area contributed by atoms with Crippen molar-refractivity contribution in [2.75, 3.05) is 40.8 Å². The van der Waals surface area contributed by atoms with E-state index in [9.17, 15) is 0 Å². The summed E-state index contributed by atoms with van der Waals surface area (Å²) in [6, 6.07) is 0. The molecule has 0 radical (unpaired) electrons. The summed E-state index contributed by atoms with van der Waals surface area (Å²) in [6.45, 7) is 12.4. The van der Waals surface area contributed by atoms with Crippen molar-refractivity contribution in [3.63, 3.8) is 0 Å². The number of hydrogen-bond donors (Lipinski definition) is 0. The van der Waals surface area contributed by atoms with Gasteiger partial charge in [0.2, 0.25) is 0 Å². The van der Waals surface area contributed by atoms with Crippen molar-refractivity contribution < 1.29 is 0 Å². The van der Waals surface area contributed by atoms with Crippen LogP contribution in [0, 0.1) is 0 Å². The third kappa shape index (κ3) is 5.37. The average molecular weight is 209 g/mol. The fraction of sp³-hybridized carbons (Fsp3) is 0.583. The van der Waals surface area contributed by atoms with E-state index in [1.165, 1.54) is 0 Å². The minimum Gasteiger partial charge on any atom is -0.358 e. The molecule has 0 heterocycles. The number of hydrogen-bond acceptors (Lipinski definition) is 2. The van der Waals surface area contributed by atoms with E-state index in [1.54, 1.807) is 6.08 Å². The third-order valence-electron chi connectivity index (χ3n) is 2.38. The fourth-order valence-electron chi connectivity index (χ4n) is 1.18. The van der Waals surface area contributed by atoms with Crippen molar-refractivity contribution in [3.05, 3.63) is 24.8 Å². The molecule has 0 spiro atoms. The molecule has 0 aliphatic rings. The summed E-state index contributed by atoms with van der Waals surface area (Å²) in [5.41, 5.74) is 1.01. The highest BCUT2D eigenvalue weighted by atomic mass is 15.2. The van der Waals surface area contributed by atoms with Gasteiger partial charge in [0.25, 0.3) is 0 Å². The van der Waals surface area contributed by atoms with E-state index in [1.807, 2.05) is 14.1 Å². The van der Waals surface area contributed by atoms with Crippen LogP contribution < -0.4 is 0 Å². The van der Waals surface area contributed by atoms with Gasteiger partial charge in [0.05, 0.1) is 6.54 Å². The predicted octanol–water partition coefficient (Wildman–Crippen LogP) is 1.64. The minimum atomic E-state index is 0.785. The Kier molecular flexibility index (Phi) is 6.71. The van der Waals surface area contributed by atoms with E-state index in [0.29, 0.717) is 0 Å². The monoisotopic (exact) mass is 209 g/mol. The molecular weight excluding hydrogens is 186 g/mol. The quantitative estimate of drug-likeness (QED) is 0.376. The normalized spacial score (nSPS) is 11.7. The van der Waals surface area contributed by atoms with Gasteiger partial charge in [-0.25, -0.2) is 0 Å². The Morgan fingerprint density at radius 3 is 2.33 bits per heavy atom. The lowest BCUT2D eigenvalue weighted by atomic mass is 10.3. The highest BCUT2D eigenvalue weighted by Crippen LogP contribution is 1.98. The van der Waals surface area contributed by atoms with Gasteiger partial charge in [-0.15, -0.1) is 0 Å². The largest absolute Gasteiger partial charge is 0.358 e. The van der Waals surface area contributed by atoms with E-state index in [0.717, 1.165) is 31.0 Å². The van der Waals surface area contributed by atoms with Crippen LogP contribution in [0.2, 0.25) is 0 Å². The second-order valence-electron chi connectivity index (χ2n) is 3.69. The maximum atomic E-state index is 4.29. The Hall–Kier alpha value is -1.09. The summed E-state index contributed by atoms with van der Waals surface area (Å²) in [7, 11) is 5.94. The Labute approximate surface area is 93.8 Å². The summed E-state index contributed by atoms with van der Waals surface area (Å²) in [5, 5.41) is 0. The second-order valence-corrected chi connectivity index (χ2v) is 3.69. The van der Waals surface area contributed by atoms with E-state index in [4.69, 9.17) is 0 Å². The molecule has 0 fully saturated rings. The van der Waals surface area contributed by atoms with E-state index in [-0.39, 0.29) is 0 Å². The summed E-state index contributed by atoms with van der Waals surface area (Å²) < 4.78 is 0. The van der Waals surface area contributed by atoms with Gasteiger partial charge < -0.3 is 4.90 Å². The maximum Gasteiger partial charge on any atom is 0.113 e. The first-order valence-electron chi connectivity index (χ1n) is 5.20. The van der Waals surface area contributed by atoms with Gasteiger partial charge in [-0.2, -0.15) is 0 Å². The molecule has 0 aromatic carbocycles. The summed E-state index contributed by atoms with van der Waals surface area (Å²) >= 11 is 0. The van der Waals surface area contributed by atoms with Crippen molar-refractivity contribution in [2.24, 2.45) is 4.99 Å². The molecule has 3 nitrogen and oxygen atoms in total. The molecule has 0 atom stereocenters. The molecule has 0 rings (SSSR count). The standard InChI is InChI=1S/C12H23N3/c1-7-11(3)9-15(6)12(13-4)10-14(5)8-2/h7H,1,3,8-10H2,2,4-6H3. The van der Waals surface area contributed by atoms with Gasteiger partial charge in [-0.05, 0) is 19.2 Å². The smallest absolute Gasteiger partial charge is 0.113 e. The van der Waals surface area contributed by atoms with Crippen LogP contribution in [0.15, 0.2) is 29.8 Å². The molecule has 0 aliphatic heterocycles. The highest BCUT2D eigenvalue weighted by Gasteiger charge is 2.07. The maximum absolute atomic E-state index is 4.29. The Bertz CT molecular complexity index is 243. The lowest BCUT2D eigenvalue weighted by Crippen LogP contribution is -2.37. The zero-order chi connectivity index (χ0) is 11.8. The molecule has 0 saturated heterocycles. The fourth-order valence-corrected chi connectivity index (χ4v) is 1.18. The van der Waals surface area contributed by atoms with Crippen LogP contribution in [-0.4, -0.2) is 56.4 Å². The van der Waals surface area contributed by atoms with Gasteiger partial charge in [0.1, 0.15) is 5.84 Å². The second kappa shape index (κ2) is 7.23. The first kappa shape index (κ1) is 13.9. The molecule has 0 N–H and O–H groups in total. The summed E-state index contributed by atoms with van der Waals surface area (Å²) in [4.78, 5) is 8.61. The first-order chi connectivity index (χ1) is 7.04. The molecule has 15 heavy (non-hydrogen) atoms. The molecule has 0 bridgehead atoms. The molecule has 0 aromatic rings. The SMILES string of the molecule is C=CC(=C)CN(C)C(CN(C)CC)=NC. The molecular formula is C12H23N3. The Balaban J connectivity index is 4.29. The molecule has 0 unspecified atom stereocenters. The molecule has 3 heteroatoms. The van der Waals surface area contributed by atoms with Crippen molar-refractivity contribution in [1.82, 2.24) is 9.80 Å². The molecule has 0 amide bonds. The van der Waals surface area contributed by atoms with Crippen LogP contribution in [0.3, 0.4) is 0 Å². The van der Waals surface area contributed by atoms with Crippen LogP contribution in [0.25, 0.3) is 0 Å². The Morgan fingerprint density at radius 2 is 1.93 bits per heavy atom. The average Bonchev–Trinajstić information content (AvgIpc) is 2.24. The predicted molar refractivity (Wildman–Crippen MR) is 68.5 cm³/mol. The van der Waals surface area contributed by atoms with Crippen LogP contribution in [0.1, 0.15) is 6.92 Å². The third-order valence-corrected chi connectivity index (χ3v) is 2.38. The summed E-state index contributed by atoms with van der Waals surface area (Å²) in [5.74, 6) is 1.07. The van der Waals surface area contributed by atoms with Gasteiger partial charge in [0, 0.05) is 20.6 Å². The van der Waals surface area contributed by atoms with Gasteiger partial charge in [-0.1, -0.05) is 26.2 Å². The topological polar surface area (TPSA) is 18.8 Å². The lowest BCUT2D eigenvalue weighted by molar-refractivity contribution is 0.382. The number of amidine groups is 1. The molecule has 0 aromatic heterocycles. The zero-order valence-electron chi connectivity index (χ0n) is 10.5. The van der Waals surface area contributed by atoms with Crippen LogP contribution in [-0.2, 0) is 0 Å². The summed E-state index contributed by atoms with van der Waals surface area (Å²) in [6.07, 6.45) is 1.79. The van der Waals surface area contributed by atoms with Crippen LogP contribution >= 0.6 is 0 Å². The van der Waals surface area contributed by atoms with E-state index in [2.05, 4.69) is 41.9 Å². The van der Waals surface area contributed by atoms with Crippen molar-refractivity contribution >= 4 is 5.84 Å². The first-order valence-corrected chi connectivity index (χ1v) is 5.20. The van der Waals surface area contributed by atoms with Crippen molar-refractivity contribution in [2.45, 2.75) is 6.92 Å². The lowest BCUT2D eigenvalue weighted by Gasteiger charge is -2.24. The van der Waals surface area contributed by atoms with Gasteiger partial charge >= 0.3 is 0 Å². The number of nitrogens with zero attached hydrogens (tertiary/aromatic N) is 3. The zero-order valence-corrected chi connectivity index (χ0v) is 10.5. The Morgan fingerprint density at radius 1 is 1.33 bits per heavy atom. The number of likely N-dealkylation sites (N-methyl/N-ethyl adjacent to an activating group) is 2. The van der Waals surface area contributed by atoms with Crippen LogP contribution in [0.5, 0.6) is 0 Å². The number of aliphatic imine (C=N–C) groups is 1. The van der Waals surface area contributed by atoms with Crippen molar-refractivity contribution in [3.8, 4) is 0 Å². The van der Waals surface area contributed by atoms with Crippen molar-refractivity contribution in [1.29, 1.82) is 0 Å². The highest BCUT2D eigenvalue weighted by molar-refractivity contribution is 5.84. The number of rotatable bonds is 6. The molecule has 0 aliphatic carbocycles. The van der Waals surface area contributed by atoms with Gasteiger partial charge in [0.15, 0.2) is 0 Å². The van der Waals surface area contributed by atoms with E-state index >= 15 is 0 Å². The molecule has 86 valence electrons. The van der Waals surface area contributed by atoms with Crippen LogP contribution in [0.4, 0.5) is 0 Å². The molecule has 0 saturated carbocycles. The van der Waals surface area contributed by atoms with E-state index < -0.39 is 0 Å².